The van der Waals surface area contributed by atoms with Gasteiger partial charge in [-0.3, -0.25) is 14.7 Å². The highest BCUT2D eigenvalue weighted by atomic mass is 16.6. The van der Waals surface area contributed by atoms with E-state index in [0.717, 1.165) is 0 Å². The van der Waals surface area contributed by atoms with Gasteiger partial charge >= 0.3 is 6.09 Å². The van der Waals surface area contributed by atoms with Crippen molar-refractivity contribution in [1.29, 1.82) is 0 Å². The molecule has 0 radical (unpaired) electrons. The zero-order valence-electron chi connectivity index (χ0n) is 12.1. The zero-order valence-corrected chi connectivity index (χ0v) is 12.1. The van der Waals surface area contributed by atoms with Crippen LogP contribution >= 0.6 is 0 Å². The summed E-state index contributed by atoms with van der Waals surface area (Å²) in [5.41, 5.74) is 0.456. The number of para-hydroxylation sites is 1. The predicted octanol–water partition coefficient (Wildman–Crippen LogP) is 3.85. The molecule has 1 aromatic heterocycles. The number of benzene rings is 1. The van der Waals surface area contributed by atoms with Crippen molar-refractivity contribution >= 4 is 11.8 Å². The van der Waals surface area contributed by atoms with Crippen LogP contribution in [-0.2, 0) is 4.74 Å². The molecule has 6 nitrogen and oxygen atoms in total. The number of nitrogens with zero attached hydrogens (tertiary/aromatic N) is 2. The molecule has 0 unspecified atom stereocenters. The normalized spacial score (nSPS) is 11.2. The average Bonchev–Trinajstić information content (AvgIpc) is 2.86. The van der Waals surface area contributed by atoms with Gasteiger partial charge in [-0.05, 0) is 32.9 Å². The van der Waals surface area contributed by atoms with Crippen molar-refractivity contribution in [3.8, 4) is 11.1 Å². The molecule has 0 saturated heterocycles. The third kappa shape index (κ3) is 3.47. The second kappa shape index (κ2) is 5.40. The molecule has 110 valence electrons. The van der Waals surface area contributed by atoms with Gasteiger partial charge in [0, 0.05) is 24.0 Å². The van der Waals surface area contributed by atoms with Crippen LogP contribution in [-0.4, -0.2) is 21.2 Å². The lowest BCUT2D eigenvalue weighted by Crippen LogP contribution is -2.26. The van der Waals surface area contributed by atoms with E-state index in [4.69, 9.17) is 4.74 Å². The fourth-order valence-electron chi connectivity index (χ4n) is 1.86. The van der Waals surface area contributed by atoms with Gasteiger partial charge in [-0.25, -0.2) is 4.79 Å². The van der Waals surface area contributed by atoms with E-state index in [9.17, 15) is 14.9 Å². The van der Waals surface area contributed by atoms with Crippen molar-refractivity contribution in [2.45, 2.75) is 26.4 Å². The fraction of sp³-hybridized carbons (Fsp3) is 0.267. The maximum absolute atomic E-state index is 11.9. The monoisotopic (exact) mass is 288 g/mol. The summed E-state index contributed by atoms with van der Waals surface area (Å²) in [5, 5.41) is 11.0. The van der Waals surface area contributed by atoms with Crippen molar-refractivity contribution in [1.82, 2.24) is 4.57 Å². The average molecular weight is 288 g/mol. The molecule has 21 heavy (non-hydrogen) atoms. The van der Waals surface area contributed by atoms with E-state index < -0.39 is 16.6 Å². The van der Waals surface area contributed by atoms with E-state index in [1.54, 1.807) is 45.0 Å². The van der Waals surface area contributed by atoms with E-state index in [-0.39, 0.29) is 5.69 Å². The minimum absolute atomic E-state index is 0.000520. The standard InChI is InChI=1S/C15H16N2O4/c1-15(2,3)21-14(18)16-9-8-11(10-16)12-6-4-5-7-13(12)17(19)20/h4-10H,1-3H3. The molecule has 0 saturated carbocycles. The van der Waals surface area contributed by atoms with E-state index in [2.05, 4.69) is 0 Å². The lowest BCUT2D eigenvalue weighted by Gasteiger charge is -2.19. The summed E-state index contributed by atoms with van der Waals surface area (Å²) in [6.07, 6.45) is 2.53. The second-order valence-electron chi connectivity index (χ2n) is 5.56. The van der Waals surface area contributed by atoms with Gasteiger partial charge in [0.1, 0.15) is 5.60 Å². The molecule has 0 bridgehead atoms. The molecule has 0 spiro atoms. The summed E-state index contributed by atoms with van der Waals surface area (Å²) in [7, 11) is 0. The maximum Gasteiger partial charge on any atom is 0.418 e. The van der Waals surface area contributed by atoms with Crippen LogP contribution in [0.1, 0.15) is 20.8 Å². The van der Waals surface area contributed by atoms with Gasteiger partial charge < -0.3 is 4.74 Å². The Morgan fingerprint density at radius 3 is 2.52 bits per heavy atom. The molecule has 1 aromatic carbocycles. The highest BCUT2D eigenvalue weighted by molar-refractivity contribution is 5.77. The first-order valence-electron chi connectivity index (χ1n) is 6.43. The zero-order chi connectivity index (χ0) is 15.6. The Balaban J connectivity index is 2.33. The molecule has 0 N–H and O–H groups in total. The van der Waals surface area contributed by atoms with Crippen LogP contribution in [0.3, 0.4) is 0 Å². The number of carbonyl (C=O) groups is 1. The third-order valence-corrected chi connectivity index (χ3v) is 2.71. The molecule has 6 heteroatoms. The molecule has 0 atom stereocenters. The van der Waals surface area contributed by atoms with Crippen LogP contribution in [0.15, 0.2) is 42.7 Å². The lowest BCUT2D eigenvalue weighted by molar-refractivity contribution is -0.384. The van der Waals surface area contributed by atoms with Crippen LogP contribution in [0.2, 0.25) is 0 Å². The summed E-state index contributed by atoms with van der Waals surface area (Å²) < 4.78 is 6.52. The second-order valence-corrected chi connectivity index (χ2v) is 5.56. The molecule has 0 aliphatic heterocycles. The Morgan fingerprint density at radius 2 is 1.90 bits per heavy atom. The highest BCUT2D eigenvalue weighted by Gasteiger charge is 2.19. The minimum Gasteiger partial charge on any atom is -0.443 e. The number of nitro groups is 1. The van der Waals surface area contributed by atoms with Crippen molar-refractivity contribution in [2.24, 2.45) is 0 Å². The number of ether oxygens (including phenoxy) is 1. The van der Waals surface area contributed by atoms with Crippen molar-refractivity contribution in [3.63, 3.8) is 0 Å². The quantitative estimate of drug-likeness (QED) is 0.621. The number of nitro benzene ring substituents is 1. The topological polar surface area (TPSA) is 74.4 Å². The number of rotatable bonds is 2. The minimum atomic E-state index is -0.597. The molecule has 0 fully saturated rings. The van der Waals surface area contributed by atoms with Crippen LogP contribution < -0.4 is 0 Å². The van der Waals surface area contributed by atoms with Crippen molar-refractivity contribution in [3.05, 3.63) is 52.8 Å². The predicted molar refractivity (Wildman–Crippen MR) is 78.2 cm³/mol. The smallest absolute Gasteiger partial charge is 0.418 e. The summed E-state index contributed by atoms with van der Waals surface area (Å²) in [5.74, 6) is 0. The number of carbonyl (C=O) groups excluding carboxylic acids is 1. The highest BCUT2D eigenvalue weighted by Crippen LogP contribution is 2.29. The Hall–Kier alpha value is -2.63. The molecule has 0 amide bonds. The molecule has 1 heterocycles. The van der Waals surface area contributed by atoms with E-state index in [0.29, 0.717) is 11.1 Å². The first-order valence-corrected chi connectivity index (χ1v) is 6.43. The van der Waals surface area contributed by atoms with Gasteiger partial charge in [0.25, 0.3) is 5.69 Å². The Kier molecular flexibility index (Phi) is 3.80. The van der Waals surface area contributed by atoms with Crippen molar-refractivity contribution in [2.75, 3.05) is 0 Å². The van der Waals surface area contributed by atoms with Crippen molar-refractivity contribution < 1.29 is 14.5 Å². The summed E-state index contributed by atoms with van der Waals surface area (Å²) in [4.78, 5) is 22.5. The molecular formula is C15H16N2O4. The largest absolute Gasteiger partial charge is 0.443 e. The van der Waals surface area contributed by atoms with Crippen LogP contribution in [0.25, 0.3) is 11.1 Å². The Bertz CT molecular complexity index is 683. The van der Waals surface area contributed by atoms with Gasteiger partial charge in [-0.2, -0.15) is 0 Å². The summed E-state index contributed by atoms with van der Waals surface area (Å²) in [6.45, 7) is 5.33. The first-order chi connectivity index (χ1) is 9.78. The number of hydrogen-bond donors (Lipinski definition) is 0. The van der Waals surface area contributed by atoms with Gasteiger partial charge in [-0.1, -0.05) is 12.1 Å². The summed E-state index contributed by atoms with van der Waals surface area (Å²) >= 11 is 0. The number of aromatic nitrogens is 1. The van der Waals surface area contributed by atoms with Gasteiger partial charge in [0.05, 0.1) is 10.5 Å². The molecular weight excluding hydrogens is 272 g/mol. The van der Waals surface area contributed by atoms with E-state index in [1.807, 2.05) is 0 Å². The number of hydrogen-bond acceptors (Lipinski definition) is 4. The fourth-order valence-corrected chi connectivity index (χ4v) is 1.86. The molecule has 2 aromatic rings. The SMILES string of the molecule is CC(C)(C)OC(=O)n1ccc(-c2ccccc2[N+](=O)[O-])c1. The van der Waals surface area contributed by atoms with Gasteiger partial charge in [0.15, 0.2) is 0 Å². The van der Waals surface area contributed by atoms with E-state index >= 15 is 0 Å². The Morgan fingerprint density at radius 1 is 1.24 bits per heavy atom. The molecule has 0 aliphatic rings. The lowest BCUT2D eigenvalue weighted by atomic mass is 10.1. The van der Waals surface area contributed by atoms with Crippen LogP contribution in [0.5, 0.6) is 0 Å². The maximum atomic E-state index is 11.9. The third-order valence-electron chi connectivity index (χ3n) is 2.71. The molecule has 2 rings (SSSR count). The first kappa shape index (κ1) is 14.8. The van der Waals surface area contributed by atoms with Crippen LogP contribution in [0.4, 0.5) is 10.5 Å². The van der Waals surface area contributed by atoms with Crippen LogP contribution in [0, 0.1) is 10.1 Å². The van der Waals surface area contributed by atoms with Gasteiger partial charge in [-0.15, -0.1) is 0 Å². The van der Waals surface area contributed by atoms with E-state index in [1.165, 1.54) is 23.0 Å². The van der Waals surface area contributed by atoms with Gasteiger partial charge in [0.2, 0.25) is 0 Å². The Labute approximate surface area is 122 Å². The molecule has 0 aliphatic carbocycles. The summed E-state index contributed by atoms with van der Waals surface area (Å²) in [6, 6.07) is 8.04.